The van der Waals surface area contributed by atoms with Gasteiger partial charge in [0.2, 0.25) is 29.5 Å². The molecule has 0 aliphatic heterocycles. The molecule has 0 fully saturated rings. The molecule has 3 rings (SSSR count). The quantitative estimate of drug-likeness (QED) is 0.0560. The summed E-state index contributed by atoms with van der Waals surface area (Å²) in [5.74, 6) is -9.51. The molecule has 2 aromatic carbocycles. The number of hydrogen-bond acceptors (Lipinski definition) is 10. The topological polar surface area (TPSA) is 237 Å². The van der Waals surface area contributed by atoms with E-state index in [4.69, 9.17) is 15.7 Å². The molecule has 24 heteroatoms. The molecule has 0 unspecified atom stereocenters. The van der Waals surface area contributed by atoms with Gasteiger partial charge < -0.3 is 45.5 Å². The number of esters is 1. The van der Waals surface area contributed by atoms with Crippen LogP contribution in [0.4, 0.5) is 26.3 Å². The highest BCUT2D eigenvalue weighted by Gasteiger charge is 2.44. The van der Waals surface area contributed by atoms with Crippen LogP contribution in [0.5, 0.6) is 0 Å². The molecule has 0 radical (unpaired) electrons. The van der Waals surface area contributed by atoms with Gasteiger partial charge in [-0.3, -0.25) is 24.0 Å². The van der Waals surface area contributed by atoms with Crippen LogP contribution in [-0.2, 0) is 51.3 Å². The number of amides is 5. The summed E-state index contributed by atoms with van der Waals surface area (Å²) in [6, 6.07) is 5.18. The lowest BCUT2D eigenvalue weighted by Gasteiger charge is -2.35. The Balaban J connectivity index is 2.16. The Morgan fingerprint density at radius 2 is 1.30 bits per heavy atom. The van der Waals surface area contributed by atoms with Gasteiger partial charge in [0.1, 0.15) is 30.2 Å². The minimum absolute atomic E-state index is 0.0870. The van der Waals surface area contributed by atoms with Crippen LogP contribution < -0.4 is 16.4 Å². The number of nitrogens with zero attached hydrogens (tertiary/aromatic N) is 5. The third kappa shape index (κ3) is 18.3. The molecule has 17 nitrogen and oxygen atoms in total. The monoisotopic (exact) mass is 1100 g/mol. The second-order valence-corrected chi connectivity index (χ2v) is 19.7. The summed E-state index contributed by atoms with van der Waals surface area (Å²) >= 11 is 3.41. The standard InChI is InChI=1S/C49H63BrF6N8O9/c1-27(2)20-35(44(68)61(6)29(5)47(72)73-40(46(70)71)14-11-19-57)59-42(66)39(22-31-26-64(37-13-10-9-12-33(31)37)25-30-15-17-32(50)18-16-30)63(8)45(69)36(24-49(54,55)56)60-41(65)38(21-28(3)4)62(7)43(67)34(58)23-48(51,52)53/h9-10,12-13,15-18,26-29,34-36,38-40H,11,14,20-25,58H2,1-8H3,(H,59,66)(H,60,65)(H,70,71)/t29-,34-,35-,36-,38-,39-,40+/m0/s1. The fraction of sp³-hybridized carbons (Fsp3) is 0.551. The number of ether oxygens (including phenoxy) is 1. The number of carbonyl (C=O) groups excluding carboxylic acids is 6. The van der Waals surface area contributed by atoms with Gasteiger partial charge in [-0.2, -0.15) is 31.6 Å². The molecule has 3 aromatic rings. The molecule has 1 aromatic heterocycles. The molecule has 0 aliphatic rings. The zero-order valence-electron chi connectivity index (χ0n) is 41.7. The Bertz CT molecular complexity index is 2460. The molecule has 0 spiro atoms. The van der Waals surface area contributed by atoms with E-state index in [-0.39, 0.29) is 38.0 Å². The Hall–Kier alpha value is -6.22. The SMILES string of the molecule is CC(C)C[C@H](NC(=O)[C@H](Cc1cn(Cc2ccc(Br)cc2)c2ccccc12)N(C)C(=O)[C@H](CC(F)(F)F)NC(=O)[C@H](CC(C)C)N(C)C(=O)[C@@H](N)CC(F)(F)F)C(=O)N(C)[C@@H](C)C(=O)O[C@H](CCC#N)C(=O)O. The number of fused-ring (bicyclic) bond motifs is 1. The van der Waals surface area contributed by atoms with Crippen molar-refractivity contribution in [1.82, 2.24) is 29.9 Å². The minimum Gasteiger partial charge on any atom is -0.479 e. The highest BCUT2D eigenvalue weighted by Crippen LogP contribution is 2.28. The number of alkyl halides is 6. The van der Waals surface area contributed by atoms with Crippen molar-refractivity contribution in [2.45, 2.75) is 141 Å². The number of carbonyl (C=O) groups is 7. The Morgan fingerprint density at radius 3 is 1.85 bits per heavy atom. The highest BCUT2D eigenvalue weighted by atomic mass is 79.9. The van der Waals surface area contributed by atoms with Gasteiger partial charge in [-0.15, -0.1) is 0 Å². The van der Waals surface area contributed by atoms with Crippen molar-refractivity contribution in [3.8, 4) is 6.07 Å². The summed E-state index contributed by atoms with van der Waals surface area (Å²) < 4.78 is 90.8. The summed E-state index contributed by atoms with van der Waals surface area (Å²) in [4.78, 5) is 97.9. The number of para-hydroxylation sites is 1. The van der Waals surface area contributed by atoms with Crippen LogP contribution >= 0.6 is 15.9 Å². The first-order valence-corrected chi connectivity index (χ1v) is 24.1. The van der Waals surface area contributed by atoms with E-state index in [1.165, 1.54) is 14.0 Å². The van der Waals surface area contributed by atoms with E-state index in [2.05, 4.69) is 26.6 Å². The third-order valence-electron chi connectivity index (χ3n) is 11.9. The van der Waals surface area contributed by atoms with Crippen molar-refractivity contribution in [2.24, 2.45) is 17.6 Å². The number of nitriles is 1. The summed E-state index contributed by atoms with van der Waals surface area (Å²) in [5.41, 5.74) is 7.52. The second kappa shape index (κ2) is 26.6. The molecule has 0 aliphatic carbocycles. The number of benzene rings is 2. The molecule has 402 valence electrons. The molecule has 0 saturated heterocycles. The number of aromatic nitrogens is 1. The van der Waals surface area contributed by atoms with E-state index >= 15 is 0 Å². The van der Waals surface area contributed by atoms with E-state index in [1.807, 2.05) is 28.8 Å². The lowest BCUT2D eigenvalue weighted by Crippen LogP contribution is -2.60. The van der Waals surface area contributed by atoms with Crippen molar-refractivity contribution in [3.63, 3.8) is 0 Å². The molecule has 5 N–H and O–H groups in total. The van der Waals surface area contributed by atoms with Gasteiger partial charge in [-0.1, -0.05) is 74.0 Å². The van der Waals surface area contributed by atoms with Crippen LogP contribution in [0.15, 0.2) is 59.2 Å². The summed E-state index contributed by atoms with van der Waals surface area (Å²) in [7, 11) is 3.18. The maximum Gasteiger partial charge on any atom is 0.391 e. The van der Waals surface area contributed by atoms with Crippen LogP contribution in [0.25, 0.3) is 10.9 Å². The van der Waals surface area contributed by atoms with Crippen molar-refractivity contribution < 1.29 is 69.7 Å². The van der Waals surface area contributed by atoms with E-state index in [0.717, 1.165) is 29.0 Å². The van der Waals surface area contributed by atoms with Crippen molar-refractivity contribution in [3.05, 3.63) is 70.3 Å². The number of nitrogens with one attached hydrogen (secondary N) is 2. The highest BCUT2D eigenvalue weighted by molar-refractivity contribution is 9.10. The van der Waals surface area contributed by atoms with Crippen molar-refractivity contribution >= 4 is 68.3 Å². The lowest BCUT2D eigenvalue weighted by atomic mass is 9.98. The number of likely N-dealkylation sites (N-methyl/N-ethyl adjacent to an activating group) is 3. The molecular formula is C49H63BrF6N8O9. The smallest absolute Gasteiger partial charge is 0.391 e. The van der Waals surface area contributed by atoms with Crippen molar-refractivity contribution in [1.29, 1.82) is 5.26 Å². The normalized spacial score (nSPS) is 14.8. The average molecular weight is 1100 g/mol. The molecule has 0 bridgehead atoms. The van der Waals surface area contributed by atoms with Crippen LogP contribution in [-0.4, -0.2) is 142 Å². The summed E-state index contributed by atoms with van der Waals surface area (Å²) in [6.45, 7) is 8.12. The zero-order valence-corrected chi connectivity index (χ0v) is 43.3. The Morgan fingerprint density at radius 1 is 0.767 bits per heavy atom. The van der Waals surface area contributed by atoms with E-state index < -0.39 is 115 Å². The number of aliphatic carboxylic acids is 1. The second-order valence-electron chi connectivity index (χ2n) is 18.8. The number of halogens is 7. The molecule has 7 atom stereocenters. The summed E-state index contributed by atoms with van der Waals surface area (Å²) in [6.07, 6.45) is -15.1. The Kier molecular flexibility index (Phi) is 22.3. The number of carboxylic acid groups (broad SMARTS) is 1. The molecule has 73 heavy (non-hydrogen) atoms. The number of rotatable bonds is 25. The van der Waals surface area contributed by atoms with Gasteiger partial charge in [-0.05, 0) is 60.9 Å². The predicted octanol–water partition coefficient (Wildman–Crippen LogP) is 6.09. The summed E-state index contributed by atoms with van der Waals surface area (Å²) in [5, 5.41) is 23.7. The lowest BCUT2D eigenvalue weighted by molar-refractivity contribution is -0.169. The number of carboxylic acids is 1. The number of hydrogen-bond donors (Lipinski definition) is 4. The fourth-order valence-corrected chi connectivity index (χ4v) is 8.24. The number of nitrogens with two attached hydrogens (primary N) is 1. The molecule has 5 amide bonds. The van der Waals surface area contributed by atoms with Crippen LogP contribution in [0.3, 0.4) is 0 Å². The minimum atomic E-state index is -5.14. The predicted molar refractivity (Wildman–Crippen MR) is 259 cm³/mol. The first kappa shape index (κ1) is 61.1. The molecule has 0 saturated carbocycles. The van der Waals surface area contributed by atoms with Gasteiger partial charge in [0.05, 0.1) is 25.0 Å². The van der Waals surface area contributed by atoms with Gasteiger partial charge in [0.25, 0.3) is 0 Å². The maximum atomic E-state index is 14.9. The van der Waals surface area contributed by atoms with Crippen LogP contribution in [0.2, 0.25) is 0 Å². The Labute approximate surface area is 427 Å². The van der Waals surface area contributed by atoms with Crippen LogP contribution in [0, 0.1) is 23.2 Å². The van der Waals surface area contributed by atoms with Crippen LogP contribution in [0.1, 0.15) is 84.3 Å². The molecule has 1 heterocycles. The first-order chi connectivity index (χ1) is 33.8. The third-order valence-corrected chi connectivity index (χ3v) is 12.5. The fourth-order valence-electron chi connectivity index (χ4n) is 7.98. The zero-order chi connectivity index (χ0) is 55.3. The van der Waals surface area contributed by atoms with E-state index in [9.17, 15) is 65.0 Å². The largest absolute Gasteiger partial charge is 0.479 e. The van der Waals surface area contributed by atoms with Gasteiger partial charge in [-0.25, -0.2) is 9.59 Å². The van der Waals surface area contributed by atoms with E-state index in [1.54, 1.807) is 64.2 Å². The van der Waals surface area contributed by atoms with Gasteiger partial charge in [0.15, 0.2) is 6.10 Å². The van der Waals surface area contributed by atoms with Gasteiger partial charge in [0, 0.05) is 68.5 Å². The van der Waals surface area contributed by atoms with E-state index in [0.29, 0.717) is 32.8 Å². The molecular weight excluding hydrogens is 1040 g/mol. The maximum absolute atomic E-state index is 14.9. The first-order valence-electron chi connectivity index (χ1n) is 23.3. The van der Waals surface area contributed by atoms with Crippen molar-refractivity contribution in [2.75, 3.05) is 21.1 Å². The average Bonchev–Trinajstić information content (AvgIpc) is 3.64. The van der Waals surface area contributed by atoms with Gasteiger partial charge >= 0.3 is 24.3 Å².